The number of rotatable bonds is 3. The number of hydrogen-bond acceptors (Lipinski definition) is 2. The zero-order valence-electron chi connectivity index (χ0n) is 10.1. The highest BCUT2D eigenvalue weighted by Gasteiger charge is 2.15. The molecule has 0 spiro atoms. The number of likely N-dealkylation sites (tertiary alicyclic amines) is 1. The van der Waals surface area contributed by atoms with Crippen LogP contribution in [0.4, 0.5) is 10.1 Å². The van der Waals surface area contributed by atoms with Gasteiger partial charge in [-0.05, 0) is 37.5 Å². The fourth-order valence-corrected chi connectivity index (χ4v) is 2.16. The molecule has 5 heteroatoms. The van der Waals surface area contributed by atoms with E-state index in [4.69, 9.17) is 11.6 Å². The maximum absolute atomic E-state index is 13.2. The van der Waals surface area contributed by atoms with Crippen molar-refractivity contribution in [1.29, 1.82) is 0 Å². The highest BCUT2D eigenvalue weighted by atomic mass is 35.5. The molecule has 0 unspecified atom stereocenters. The van der Waals surface area contributed by atoms with E-state index in [1.165, 1.54) is 18.6 Å². The lowest BCUT2D eigenvalue weighted by Crippen LogP contribution is -2.39. The topological polar surface area (TPSA) is 32.3 Å². The van der Waals surface area contributed by atoms with Crippen molar-refractivity contribution in [3.05, 3.63) is 29.0 Å². The van der Waals surface area contributed by atoms with E-state index >= 15 is 0 Å². The predicted octanol–water partition coefficient (Wildman–Crippen LogP) is 2.90. The molecule has 1 heterocycles. The van der Waals surface area contributed by atoms with Gasteiger partial charge in [-0.3, -0.25) is 4.79 Å². The minimum Gasteiger partial charge on any atom is -0.376 e. The lowest BCUT2D eigenvalue weighted by atomic mass is 10.1. The van der Waals surface area contributed by atoms with Gasteiger partial charge in [-0.1, -0.05) is 11.6 Å². The Morgan fingerprint density at radius 2 is 2.06 bits per heavy atom. The van der Waals surface area contributed by atoms with Crippen LogP contribution in [0, 0.1) is 5.82 Å². The first-order chi connectivity index (χ1) is 8.66. The zero-order chi connectivity index (χ0) is 13.0. The van der Waals surface area contributed by atoms with Crippen LogP contribution >= 0.6 is 11.6 Å². The molecule has 1 amide bonds. The number of benzene rings is 1. The number of carbonyl (C=O) groups is 1. The van der Waals surface area contributed by atoms with Gasteiger partial charge >= 0.3 is 0 Å². The summed E-state index contributed by atoms with van der Waals surface area (Å²) in [7, 11) is 0. The maximum Gasteiger partial charge on any atom is 0.241 e. The number of anilines is 1. The van der Waals surface area contributed by atoms with Gasteiger partial charge < -0.3 is 10.2 Å². The van der Waals surface area contributed by atoms with Crippen LogP contribution < -0.4 is 5.32 Å². The zero-order valence-corrected chi connectivity index (χ0v) is 10.8. The Kier molecular flexibility index (Phi) is 4.42. The summed E-state index contributed by atoms with van der Waals surface area (Å²) < 4.78 is 13.2. The van der Waals surface area contributed by atoms with Gasteiger partial charge in [0.15, 0.2) is 0 Å². The lowest BCUT2D eigenvalue weighted by molar-refractivity contribution is -0.130. The van der Waals surface area contributed by atoms with Crippen LogP contribution in [0.1, 0.15) is 19.3 Å². The molecule has 1 aromatic carbocycles. The molecular weight excluding hydrogens is 255 g/mol. The van der Waals surface area contributed by atoms with Crippen LogP contribution in [0.3, 0.4) is 0 Å². The van der Waals surface area contributed by atoms with Gasteiger partial charge in [0.05, 0.1) is 11.6 Å². The Balaban J connectivity index is 1.86. The summed E-state index contributed by atoms with van der Waals surface area (Å²) in [6.45, 7) is 1.85. The minimum atomic E-state index is -0.480. The summed E-state index contributed by atoms with van der Waals surface area (Å²) in [5.74, 6) is -0.419. The average Bonchev–Trinajstić information content (AvgIpc) is 2.41. The third kappa shape index (κ3) is 3.35. The Hall–Kier alpha value is -1.29. The fraction of sp³-hybridized carbons (Fsp3) is 0.462. The fourth-order valence-electron chi connectivity index (χ4n) is 2.04. The number of piperidine rings is 1. The molecule has 2 rings (SSSR count). The molecule has 1 N–H and O–H groups in total. The van der Waals surface area contributed by atoms with E-state index in [-0.39, 0.29) is 17.5 Å². The molecule has 18 heavy (non-hydrogen) atoms. The van der Waals surface area contributed by atoms with Crippen LogP contribution in [-0.2, 0) is 4.79 Å². The molecular formula is C13H16ClFN2O. The molecule has 3 nitrogen and oxygen atoms in total. The number of carbonyl (C=O) groups excluding carboxylic acids is 1. The number of halogens is 2. The van der Waals surface area contributed by atoms with Crippen LogP contribution in [0.5, 0.6) is 0 Å². The molecule has 0 aliphatic carbocycles. The second-order valence-corrected chi connectivity index (χ2v) is 4.83. The molecule has 98 valence electrons. The van der Waals surface area contributed by atoms with Gasteiger partial charge in [-0.25, -0.2) is 4.39 Å². The molecule has 1 aliphatic rings. The van der Waals surface area contributed by atoms with Crippen molar-refractivity contribution in [2.75, 3.05) is 25.0 Å². The molecule has 0 radical (unpaired) electrons. The summed E-state index contributed by atoms with van der Waals surface area (Å²) in [4.78, 5) is 13.7. The van der Waals surface area contributed by atoms with Crippen molar-refractivity contribution in [3.8, 4) is 0 Å². The first-order valence-electron chi connectivity index (χ1n) is 6.13. The molecule has 1 fully saturated rings. The molecule has 0 bridgehead atoms. The van der Waals surface area contributed by atoms with Crippen molar-refractivity contribution < 1.29 is 9.18 Å². The van der Waals surface area contributed by atoms with E-state index in [0.717, 1.165) is 25.9 Å². The summed E-state index contributed by atoms with van der Waals surface area (Å²) in [5, 5.41) is 3.01. The van der Waals surface area contributed by atoms with E-state index in [1.54, 1.807) is 6.07 Å². The Bertz CT molecular complexity index is 433. The van der Waals surface area contributed by atoms with Crippen molar-refractivity contribution >= 4 is 23.2 Å². The summed E-state index contributed by atoms with van der Waals surface area (Å²) in [6, 6.07) is 4.44. The van der Waals surface area contributed by atoms with Crippen LogP contribution in [-0.4, -0.2) is 30.4 Å². The number of amides is 1. The van der Waals surface area contributed by atoms with E-state index in [0.29, 0.717) is 5.69 Å². The Labute approximate surface area is 111 Å². The second-order valence-electron chi connectivity index (χ2n) is 4.42. The van der Waals surface area contributed by atoms with Gasteiger partial charge in [-0.15, -0.1) is 0 Å². The quantitative estimate of drug-likeness (QED) is 0.916. The van der Waals surface area contributed by atoms with Crippen LogP contribution in [0.2, 0.25) is 5.02 Å². The highest BCUT2D eigenvalue weighted by Crippen LogP contribution is 2.18. The standard InChI is InChI=1S/C13H16ClFN2O/c14-11-5-4-10(8-12(11)15)16-9-13(18)17-6-2-1-3-7-17/h4-5,8,16H,1-3,6-7,9H2. The van der Waals surface area contributed by atoms with E-state index < -0.39 is 5.82 Å². The molecule has 1 aromatic rings. The first-order valence-corrected chi connectivity index (χ1v) is 6.51. The molecule has 1 saturated heterocycles. The third-order valence-corrected chi connectivity index (χ3v) is 3.38. The predicted molar refractivity (Wildman–Crippen MR) is 70.3 cm³/mol. The normalized spacial score (nSPS) is 15.6. The maximum atomic E-state index is 13.2. The van der Waals surface area contributed by atoms with Crippen molar-refractivity contribution in [1.82, 2.24) is 4.90 Å². The lowest BCUT2D eigenvalue weighted by Gasteiger charge is -2.26. The van der Waals surface area contributed by atoms with Crippen molar-refractivity contribution in [3.63, 3.8) is 0 Å². The molecule has 0 aromatic heterocycles. The minimum absolute atomic E-state index is 0.0602. The highest BCUT2D eigenvalue weighted by molar-refractivity contribution is 6.30. The van der Waals surface area contributed by atoms with Crippen molar-refractivity contribution in [2.24, 2.45) is 0 Å². The first kappa shape index (κ1) is 13.1. The second kappa shape index (κ2) is 6.05. The smallest absolute Gasteiger partial charge is 0.241 e. The molecule has 0 saturated carbocycles. The monoisotopic (exact) mass is 270 g/mol. The van der Waals surface area contributed by atoms with Gasteiger partial charge in [0.25, 0.3) is 0 Å². The van der Waals surface area contributed by atoms with Crippen molar-refractivity contribution in [2.45, 2.75) is 19.3 Å². The van der Waals surface area contributed by atoms with Gasteiger partial charge in [0, 0.05) is 18.8 Å². The van der Waals surface area contributed by atoms with Gasteiger partial charge in [-0.2, -0.15) is 0 Å². The van der Waals surface area contributed by atoms with Crippen LogP contribution in [0.25, 0.3) is 0 Å². The number of nitrogens with one attached hydrogen (secondary N) is 1. The summed E-state index contributed by atoms with van der Waals surface area (Å²) >= 11 is 5.59. The summed E-state index contributed by atoms with van der Waals surface area (Å²) in [6.07, 6.45) is 3.34. The van der Waals surface area contributed by atoms with Gasteiger partial charge in [0.2, 0.25) is 5.91 Å². The largest absolute Gasteiger partial charge is 0.376 e. The SMILES string of the molecule is O=C(CNc1ccc(Cl)c(F)c1)N1CCCCC1. The summed E-state index contributed by atoms with van der Waals surface area (Å²) in [5.41, 5.74) is 0.572. The molecule has 0 atom stereocenters. The average molecular weight is 271 g/mol. The van der Waals surface area contributed by atoms with Crippen LogP contribution in [0.15, 0.2) is 18.2 Å². The van der Waals surface area contributed by atoms with E-state index in [9.17, 15) is 9.18 Å². The molecule has 1 aliphatic heterocycles. The van der Waals surface area contributed by atoms with E-state index in [1.807, 2.05) is 4.90 Å². The Morgan fingerprint density at radius 3 is 2.72 bits per heavy atom. The Morgan fingerprint density at radius 1 is 1.33 bits per heavy atom. The third-order valence-electron chi connectivity index (χ3n) is 3.07. The number of hydrogen-bond donors (Lipinski definition) is 1. The van der Waals surface area contributed by atoms with Gasteiger partial charge in [0.1, 0.15) is 5.82 Å². The van der Waals surface area contributed by atoms with E-state index in [2.05, 4.69) is 5.32 Å². The number of nitrogens with zero attached hydrogens (tertiary/aromatic N) is 1.